The van der Waals surface area contributed by atoms with Crippen LogP contribution in [0.5, 0.6) is 5.75 Å². The Kier molecular flexibility index (Phi) is 7.15. The van der Waals surface area contributed by atoms with Crippen molar-refractivity contribution in [1.29, 1.82) is 0 Å². The van der Waals surface area contributed by atoms with Crippen molar-refractivity contribution in [2.45, 2.75) is 62.7 Å². The Morgan fingerprint density at radius 2 is 1.73 bits per heavy atom. The summed E-state index contributed by atoms with van der Waals surface area (Å²) < 4.78 is 96.8. The van der Waals surface area contributed by atoms with Crippen LogP contribution in [0.25, 0.3) is 10.9 Å². The molecule has 2 heterocycles. The van der Waals surface area contributed by atoms with Gasteiger partial charge in [-0.05, 0) is 38.7 Å². The molecule has 2 aliphatic carbocycles. The fraction of sp³-hybridized carbons (Fsp3) is 0.414. The molecule has 0 spiro atoms. The summed E-state index contributed by atoms with van der Waals surface area (Å²) in [6.45, 7) is 1.20. The minimum atomic E-state index is -1.72. The van der Waals surface area contributed by atoms with Gasteiger partial charge in [0.1, 0.15) is 11.3 Å². The van der Waals surface area contributed by atoms with Gasteiger partial charge in [0.15, 0.2) is 29.1 Å². The number of anilines is 1. The highest BCUT2D eigenvalue weighted by Gasteiger charge is 2.44. The molecule has 3 aliphatic rings. The van der Waals surface area contributed by atoms with Crippen molar-refractivity contribution in [3.63, 3.8) is 0 Å². The lowest BCUT2D eigenvalue weighted by Gasteiger charge is -2.39. The van der Waals surface area contributed by atoms with Crippen molar-refractivity contribution >= 4 is 28.5 Å². The number of carboxylic acid groups (broad SMARTS) is 1. The number of halogens is 6. The van der Waals surface area contributed by atoms with Crippen LogP contribution in [0.4, 0.5) is 32.0 Å². The van der Waals surface area contributed by atoms with Gasteiger partial charge in [-0.25, -0.2) is 26.7 Å². The van der Waals surface area contributed by atoms with Crippen LogP contribution in [0.3, 0.4) is 0 Å². The average molecular weight is 625 g/mol. The number of aromatic nitrogens is 1. The largest absolute Gasteiger partial charge is 0.477 e. The molecule has 1 aliphatic heterocycles. The van der Waals surface area contributed by atoms with E-state index in [0.717, 1.165) is 15.7 Å². The van der Waals surface area contributed by atoms with Crippen molar-refractivity contribution in [2.75, 3.05) is 18.0 Å². The second-order valence-electron chi connectivity index (χ2n) is 11.7. The third-order valence-corrected chi connectivity index (χ3v) is 8.28. The fourth-order valence-electron chi connectivity index (χ4n) is 5.83. The number of hydrogen-bond acceptors (Lipinski definition) is 7. The smallest absolute Gasteiger partial charge is 0.341 e. The van der Waals surface area contributed by atoms with Gasteiger partial charge in [0.2, 0.25) is 17.0 Å². The molecule has 4 N–H and O–H groups in total. The molecule has 234 valence electrons. The van der Waals surface area contributed by atoms with Crippen molar-refractivity contribution in [3.05, 3.63) is 68.5 Å². The number of nitrogens with zero attached hydrogens (tertiary/aromatic N) is 2. The fourth-order valence-corrected chi connectivity index (χ4v) is 5.83. The molecule has 44 heavy (non-hydrogen) atoms. The summed E-state index contributed by atoms with van der Waals surface area (Å²) in [5.41, 5.74) is 0.775. The van der Waals surface area contributed by atoms with Crippen LogP contribution in [0.2, 0.25) is 0 Å². The Morgan fingerprint density at radius 3 is 2.34 bits per heavy atom. The van der Waals surface area contributed by atoms with Gasteiger partial charge in [-0.1, -0.05) is 0 Å². The topological polar surface area (TPSA) is 127 Å². The normalized spacial score (nSPS) is 21.0. The number of esters is 1. The van der Waals surface area contributed by atoms with Gasteiger partial charge in [0.05, 0.1) is 17.3 Å². The van der Waals surface area contributed by atoms with Crippen molar-refractivity contribution in [3.8, 4) is 5.75 Å². The highest BCUT2D eigenvalue weighted by molar-refractivity contribution is 5.94. The monoisotopic (exact) mass is 624 g/mol. The van der Waals surface area contributed by atoms with Gasteiger partial charge in [-0.15, -0.1) is 0 Å². The molecule has 15 heteroatoms. The van der Waals surface area contributed by atoms with Gasteiger partial charge in [-0.3, -0.25) is 9.59 Å². The number of fused-ring (bicyclic) bond motifs is 1. The third kappa shape index (κ3) is 4.97. The number of hydrogen-bond donors (Lipinski definition) is 3. The third-order valence-electron chi connectivity index (χ3n) is 8.28. The summed E-state index contributed by atoms with van der Waals surface area (Å²) in [6, 6.07) is -1.30. The molecular formula is C29H26F6N4O5. The van der Waals surface area contributed by atoms with E-state index in [1.54, 1.807) is 6.92 Å². The average Bonchev–Trinajstić information content (AvgIpc) is 3.89. The summed E-state index contributed by atoms with van der Waals surface area (Å²) in [4.78, 5) is 38.3. The second kappa shape index (κ2) is 10.5. The lowest BCUT2D eigenvalue weighted by molar-refractivity contribution is -0.135. The molecule has 0 radical (unpaired) electrons. The number of rotatable bonds is 7. The maximum Gasteiger partial charge on any atom is 0.341 e. The minimum absolute atomic E-state index is 0.0830. The van der Waals surface area contributed by atoms with E-state index in [-0.39, 0.29) is 18.7 Å². The molecule has 1 saturated heterocycles. The molecule has 2 atom stereocenters. The molecule has 9 nitrogen and oxygen atoms in total. The summed E-state index contributed by atoms with van der Waals surface area (Å²) in [7, 11) is 0. The number of carbonyl (C=O) groups excluding carboxylic acids is 1. The molecule has 0 bridgehead atoms. The lowest BCUT2D eigenvalue weighted by atomic mass is 10.0. The maximum absolute atomic E-state index is 16.1. The Labute approximate surface area is 245 Å². The predicted octanol–water partition coefficient (Wildman–Crippen LogP) is 3.98. The molecule has 1 aromatic heterocycles. The van der Waals surface area contributed by atoms with E-state index in [2.05, 4.69) is 5.32 Å². The van der Waals surface area contributed by atoms with Gasteiger partial charge < -0.3 is 30.4 Å². The Balaban J connectivity index is 1.31. The minimum Gasteiger partial charge on any atom is -0.477 e. The first-order valence-corrected chi connectivity index (χ1v) is 13.9. The molecule has 2 saturated carbocycles. The Bertz CT molecular complexity index is 1810. The summed E-state index contributed by atoms with van der Waals surface area (Å²) in [5.74, 6) is -13.3. The standard InChI is InChI=1S/C29H26F6N4O5/c1-11-8-38(9-12(37-11)6-17(40)44-27-19(31)15(29(36)4-5-29)7-16(30)20(27)32)25-22(34)21(33)18-24(23(25)35)39(13-2-3-13)10-14(26(18)41)28(42)43/h7,10-13,37H,2-6,8-9,36H2,1H3,(H,42,43)/t11-,12+/m1/s1. The predicted molar refractivity (Wildman–Crippen MR) is 144 cm³/mol. The SMILES string of the molecule is C[C@@H]1CN(c2c(F)c(F)c3c(=O)c(C(=O)O)cn(C4CC4)c3c2F)C[C@H](CC(=O)Oc2c(F)c(F)cc(C3(N)CC3)c2F)N1. The number of pyridine rings is 1. The second-order valence-corrected chi connectivity index (χ2v) is 11.7. The van der Waals surface area contributed by atoms with Crippen LogP contribution in [0, 0.1) is 34.9 Å². The Morgan fingerprint density at radius 1 is 1.05 bits per heavy atom. The molecule has 0 amide bonds. The zero-order chi connectivity index (χ0) is 31.8. The number of carbonyl (C=O) groups is 2. The van der Waals surface area contributed by atoms with E-state index in [1.165, 1.54) is 0 Å². The number of nitrogens with one attached hydrogen (secondary N) is 1. The highest BCUT2D eigenvalue weighted by Crippen LogP contribution is 2.46. The first kappa shape index (κ1) is 29.9. The van der Waals surface area contributed by atoms with E-state index in [0.29, 0.717) is 31.7 Å². The molecule has 3 aromatic rings. The number of piperazine rings is 1. The first-order valence-electron chi connectivity index (χ1n) is 13.9. The molecular weight excluding hydrogens is 598 g/mol. The van der Waals surface area contributed by atoms with E-state index >= 15 is 17.6 Å². The summed E-state index contributed by atoms with van der Waals surface area (Å²) in [6.07, 6.45) is 1.97. The Hall–Kier alpha value is -4.11. The maximum atomic E-state index is 16.1. The van der Waals surface area contributed by atoms with E-state index in [9.17, 15) is 28.3 Å². The van der Waals surface area contributed by atoms with E-state index in [4.69, 9.17) is 10.5 Å². The number of carboxylic acids is 1. The molecule has 0 unspecified atom stereocenters. The van der Waals surface area contributed by atoms with Gasteiger partial charge >= 0.3 is 11.9 Å². The van der Waals surface area contributed by atoms with E-state index in [1.807, 2.05) is 0 Å². The molecule has 6 rings (SSSR count). The van der Waals surface area contributed by atoms with Gasteiger partial charge in [-0.2, -0.15) is 4.39 Å². The zero-order valence-corrected chi connectivity index (χ0v) is 23.2. The number of aromatic carboxylic acids is 1. The summed E-state index contributed by atoms with van der Waals surface area (Å²) >= 11 is 0. The van der Waals surface area contributed by atoms with Crippen LogP contribution in [0.1, 0.15) is 61.0 Å². The highest BCUT2D eigenvalue weighted by atomic mass is 19.2. The molecule has 2 aromatic carbocycles. The van der Waals surface area contributed by atoms with Crippen LogP contribution < -0.4 is 26.1 Å². The van der Waals surface area contributed by atoms with Crippen LogP contribution in [0.15, 0.2) is 17.1 Å². The summed E-state index contributed by atoms with van der Waals surface area (Å²) in [5, 5.41) is 11.4. The number of nitrogens with two attached hydrogens (primary N) is 1. The van der Waals surface area contributed by atoms with Gasteiger partial charge in [0.25, 0.3) is 0 Å². The zero-order valence-electron chi connectivity index (χ0n) is 23.2. The lowest BCUT2D eigenvalue weighted by Crippen LogP contribution is -2.56. The number of ether oxygens (including phenoxy) is 1. The van der Waals surface area contributed by atoms with Gasteiger partial charge in [0, 0.05) is 48.5 Å². The van der Waals surface area contributed by atoms with Crippen molar-refractivity contribution in [2.24, 2.45) is 5.73 Å². The van der Waals surface area contributed by atoms with Crippen LogP contribution in [-0.2, 0) is 10.3 Å². The number of benzene rings is 2. The van der Waals surface area contributed by atoms with Crippen molar-refractivity contribution < 1.29 is 45.8 Å². The van der Waals surface area contributed by atoms with Crippen LogP contribution in [-0.4, -0.2) is 46.8 Å². The quantitative estimate of drug-likeness (QED) is 0.156. The van der Waals surface area contributed by atoms with Crippen LogP contribution >= 0.6 is 0 Å². The van der Waals surface area contributed by atoms with Crippen molar-refractivity contribution in [1.82, 2.24) is 9.88 Å². The molecule has 3 fully saturated rings. The first-order chi connectivity index (χ1) is 20.7. The van der Waals surface area contributed by atoms with E-state index < -0.39 is 110 Å².